The molecule has 4 aromatic rings. The van der Waals surface area contributed by atoms with Crippen LogP contribution >= 0.6 is 0 Å². The minimum atomic E-state index is 0.103. The number of hydrogen-bond acceptors (Lipinski definition) is 3. The lowest BCUT2D eigenvalue weighted by Gasteiger charge is -2.23. The average molecular weight is 436 g/mol. The second-order valence-corrected chi connectivity index (χ2v) is 8.85. The molecule has 0 unspecified atom stereocenters. The lowest BCUT2D eigenvalue weighted by molar-refractivity contribution is 0.0763. The third kappa shape index (κ3) is 4.81. The second kappa shape index (κ2) is 9.55. The van der Waals surface area contributed by atoms with Crippen LogP contribution in [0.15, 0.2) is 84.9 Å². The SMILES string of the molecule is Cc1ccc2nc(-c3ccccc3)cc(C(=O)N3CCCN(Cc4ccccc4)CC3)c2c1. The summed E-state index contributed by atoms with van der Waals surface area (Å²) in [7, 11) is 0. The zero-order valence-corrected chi connectivity index (χ0v) is 19.1. The van der Waals surface area contributed by atoms with Crippen LogP contribution in [0.3, 0.4) is 0 Å². The Labute approximate surface area is 195 Å². The standard InChI is InChI=1S/C29H29N3O/c1-22-13-14-27-25(19-22)26(20-28(30-27)24-11-6-3-7-12-24)29(33)32-16-8-15-31(17-18-32)21-23-9-4-2-5-10-23/h2-7,9-14,19-20H,8,15-18,21H2,1H3. The number of rotatable bonds is 4. The Bertz CT molecular complexity index is 1250. The molecule has 5 rings (SSSR count). The summed E-state index contributed by atoms with van der Waals surface area (Å²) < 4.78 is 0. The number of pyridine rings is 1. The summed E-state index contributed by atoms with van der Waals surface area (Å²) in [6, 6.07) is 28.8. The van der Waals surface area contributed by atoms with Crippen LogP contribution in [0.4, 0.5) is 0 Å². The topological polar surface area (TPSA) is 36.4 Å². The number of hydrogen-bond donors (Lipinski definition) is 0. The zero-order valence-electron chi connectivity index (χ0n) is 19.1. The van der Waals surface area contributed by atoms with Crippen LogP contribution in [0.5, 0.6) is 0 Å². The minimum absolute atomic E-state index is 0.103. The van der Waals surface area contributed by atoms with Crippen molar-refractivity contribution < 1.29 is 4.79 Å². The van der Waals surface area contributed by atoms with Crippen LogP contribution in [-0.2, 0) is 6.54 Å². The predicted octanol–water partition coefficient (Wildman–Crippen LogP) is 5.56. The van der Waals surface area contributed by atoms with Gasteiger partial charge in [-0.3, -0.25) is 9.69 Å². The summed E-state index contributed by atoms with van der Waals surface area (Å²) in [6.07, 6.45) is 0.978. The van der Waals surface area contributed by atoms with Gasteiger partial charge >= 0.3 is 0 Å². The Hall–Kier alpha value is -3.50. The van der Waals surface area contributed by atoms with E-state index >= 15 is 0 Å². The van der Waals surface area contributed by atoms with Crippen molar-refractivity contribution in [3.8, 4) is 11.3 Å². The maximum Gasteiger partial charge on any atom is 0.254 e. The molecule has 0 spiro atoms. The first kappa shape index (κ1) is 21.4. The summed E-state index contributed by atoms with van der Waals surface area (Å²) in [5.74, 6) is 0.103. The van der Waals surface area contributed by atoms with E-state index in [1.807, 2.05) is 47.4 Å². The molecule has 4 heteroatoms. The number of aromatic nitrogens is 1. The lowest BCUT2D eigenvalue weighted by Crippen LogP contribution is -2.35. The van der Waals surface area contributed by atoms with Crippen molar-refractivity contribution in [2.24, 2.45) is 0 Å². The van der Waals surface area contributed by atoms with Gasteiger partial charge in [0.1, 0.15) is 0 Å². The predicted molar refractivity (Wildman–Crippen MR) is 134 cm³/mol. The van der Waals surface area contributed by atoms with Gasteiger partial charge in [-0.15, -0.1) is 0 Å². The molecule has 0 bridgehead atoms. The first-order valence-corrected chi connectivity index (χ1v) is 11.7. The Morgan fingerprint density at radius 2 is 1.61 bits per heavy atom. The highest BCUT2D eigenvalue weighted by molar-refractivity contribution is 6.07. The molecule has 1 aromatic heterocycles. The summed E-state index contributed by atoms with van der Waals surface area (Å²) in [5, 5.41) is 0.935. The van der Waals surface area contributed by atoms with E-state index in [1.165, 1.54) is 5.56 Å². The molecule has 0 radical (unpaired) electrons. The number of fused-ring (bicyclic) bond motifs is 1. The van der Waals surface area contributed by atoms with Gasteiger partial charge in [-0.25, -0.2) is 4.98 Å². The highest BCUT2D eigenvalue weighted by atomic mass is 16.2. The highest BCUT2D eigenvalue weighted by Gasteiger charge is 2.23. The van der Waals surface area contributed by atoms with Gasteiger partial charge in [0.2, 0.25) is 0 Å². The molecule has 0 saturated carbocycles. The van der Waals surface area contributed by atoms with Crippen LogP contribution in [0.2, 0.25) is 0 Å². The molecule has 4 nitrogen and oxygen atoms in total. The van der Waals surface area contributed by atoms with Gasteiger partial charge in [0, 0.05) is 43.7 Å². The molecule has 0 N–H and O–H groups in total. The second-order valence-electron chi connectivity index (χ2n) is 8.85. The van der Waals surface area contributed by atoms with Gasteiger partial charge in [-0.2, -0.15) is 0 Å². The molecule has 2 heterocycles. The normalized spacial score (nSPS) is 14.9. The fourth-order valence-electron chi connectivity index (χ4n) is 4.62. The molecular weight excluding hydrogens is 406 g/mol. The number of benzene rings is 3. The molecular formula is C29H29N3O. The largest absolute Gasteiger partial charge is 0.337 e. The smallest absolute Gasteiger partial charge is 0.254 e. The summed E-state index contributed by atoms with van der Waals surface area (Å²) in [6.45, 7) is 6.39. The maximum absolute atomic E-state index is 13.8. The van der Waals surface area contributed by atoms with E-state index in [2.05, 4.69) is 54.3 Å². The fraction of sp³-hybridized carbons (Fsp3) is 0.241. The Kier molecular flexibility index (Phi) is 6.18. The minimum Gasteiger partial charge on any atom is -0.337 e. The van der Waals surface area contributed by atoms with Crippen LogP contribution in [-0.4, -0.2) is 46.9 Å². The van der Waals surface area contributed by atoms with Gasteiger partial charge in [0.15, 0.2) is 0 Å². The average Bonchev–Trinajstić information content (AvgIpc) is 3.10. The van der Waals surface area contributed by atoms with Crippen molar-refractivity contribution >= 4 is 16.8 Å². The molecule has 166 valence electrons. The number of amides is 1. The molecule has 1 aliphatic rings. The van der Waals surface area contributed by atoms with Crippen molar-refractivity contribution in [1.29, 1.82) is 0 Å². The Morgan fingerprint density at radius 3 is 2.39 bits per heavy atom. The van der Waals surface area contributed by atoms with Crippen molar-refractivity contribution in [2.75, 3.05) is 26.2 Å². The van der Waals surface area contributed by atoms with Gasteiger partial charge in [-0.1, -0.05) is 72.3 Å². The van der Waals surface area contributed by atoms with Crippen molar-refractivity contribution in [1.82, 2.24) is 14.8 Å². The molecule has 3 aromatic carbocycles. The number of carbonyl (C=O) groups excluding carboxylic acids is 1. The Balaban J connectivity index is 1.43. The summed E-state index contributed by atoms with van der Waals surface area (Å²) in [4.78, 5) is 23.2. The summed E-state index contributed by atoms with van der Waals surface area (Å²) >= 11 is 0. The van der Waals surface area contributed by atoms with E-state index in [4.69, 9.17) is 4.98 Å². The van der Waals surface area contributed by atoms with E-state index in [9.17, 15) is 4.79 Å². The van der Waals surface area contributed by atoms with E-state index in [0.717, 1.165) is 72.4 Å². The van der Waals surface area contributed by atoms with Gasteiger partial charge in [0.25, 0.3) is 5.91 Å². The molecule has 0 aliphatic carbocycles. The van der Waals surface area contributed by atoms with Crippen LogP contribution < -0.4 is 0 Å². The highest BCUT2D eigenvalue weighted by Crippen LogP contribution is 2.27. The van der Waals surface area contributed by atoms with Crippen LogP contribution in [0, 0.1) is 6.92 Å². The third-order valence-corrected chi connectivity index (χ3v) is 6.39. The summed E-state index contributed by atoms with van der Waals surface area (Å²) in [5.41, 5.74) is 5.94. The zero-order chi connectivity index (χ0) is 22.6. The lowest BCUT2D eigenvalue weighted by atomic mass is 10.0. The van der Waals surface area contributed by atoms with Crippen molar-refractivity contribution in [3.63, 3.8) is 0 Å². The Morgan fingerprint density at radius 1 is 0.848 bits per heavy atom. The van der Waals surface area contributed by atoms with Crippen molar-refractivity contribution in [3.05, 3.63) is 102 Å². The van der Waals surface area contributed by atoms with Crippen LogP contribution in [0.25, 0.3) is 22.2 Å². The molecule has 1 saturated heterocycles. The first-order chi connectivity index (χ1) is 16.2. The van der Waals surface area contributed by atoms with E-state index in [-0.39, 0.29) is 5.91 Å². The molecule has 1 aliphatic heterocycles. The van der Waals surface area contributed by atoms with E-state index in [0.29, 0.717) is 0 Å². The van der Waals surface area contributed by atoms with Gasteiger partial charge < -0.3 is 4.90 Å². The fourth-order valence-corrected chi connectivity index (χ4v) is 4.62. The molecule has 1 amide bonds. The first-order valence-electron chi connectivity index (χ1n) is 11.7. The third-order valence-electron chi connectivity index (χ3n) is 6.39. The maximum atomic E-state index is 13.8. The van der Waals surface area contributed by atoms with Gasteiger partial charge in [0.05, 0.1) is 16.8 Å². The molecule has 33 heavy (non-hydrogen) atoms. The van der Waals surface area contributed by atoms with E-state index in [1.54, 1.807) is 0 Å². The number of aryl methyl sites for hydroxylation is 1. The van der Waals surface area contributed by atoms with Crippen LogP contribution in [0.1, 0.15) is 27.9 Å². The number of carbonyl (C=O) groups is 1. The molecule has 0 atom stereocenters. The van der Waals surface area contributed by atoms with E-state index < -0.39 is 0 Å². The monoisotopic (exact) mass is 435 g/mol. The van der Waals surface area contributed by atoms with Gasteiger partial charge in [-0.05, 0) is 37.1 Å². The number of nitrogens with zero attached hydrogens (tertiary/aromatic N) is 3. The molecule has 1 fully saturated rings. The van der Waals surface area contributed by atoms with Crippen molar-refractivity contribution in [2.45, 2.75) is 19.9 Å². The quantitative estimate of drug-likeness (QED) is 0.421.